The fourth-order valence-electron chi connectivity index (χ4n) is 15.4. The van der Waals surface area contributed by atoms with Gasteiger partial charge in [0.2, 0.25) is 23.6 Å². The van der Waals surface area contributed by atoms with Crippen molar-refractivity contribution in [3.8, 4) is 45.0 Å². The highest BCUT2D eigenvalue weighted by molar-refractivity contribution is 5.96. The molecule has 0 atom stereocenters. The standard InChI is InChI=1S/C28H24FN3O.C26H26FN3O.C25H24FN3O.C24H22FN3O/c1-17(2)13-25-28(31-24-12-9-21-16-22(29)10-11-23(21)27(24)30-25)32-26(33)15-18-7-8-19-5-3-4-6-20(19)14-18;1-17(2)15-23-26(30-24(31)10-6-9-18-7-4-3-5-8-18)29-22-14-11-19-16-20(27)12-13-21(19)25(22)28-23;1-16(2)14-22-25(29-23(30)13-8-17-6-4-3-5-7-17)28-21-12-9-18-15-19(26)10-11-20(18)24(21)27-22;1-15(2)12-21-24(28-22(29)13-16-6-4-3-5-7-16)27-20-11-8-17-14-18(25)9-10-19(17)23(20)26-21/h3-8,10-11,13-14,16H,9,12,15H2,1-2H3,(H,31,32,33);3-5,7-8,12-13,15-16H,6,9-11,14H2,1-2H3,(H,29,30,31);3-7,10-11,14-15H,8-9,12-13H2,1-2H3,(H,28,29,30);3-7,9-10,12,14H,8,11,13H2,1-2H3,(H,27,28,29). The van der Waals surface area contributed by atoms with E-state index in [4.69, 9.17) is 39.9 Å². The summed E-state index contributed by atoms with van der Waals surface area (Å²) in [5, 5.41) is 14.1. The third kappa shape index (κ3) is 22.4. The first-order chi connectivity index (χ1) is 59.4. The molecule has 0 saturated heterocycles. The molecule has 16 nitrogen and oxygen atoms in total. The molecule has 620 valence electrons. The first kappa shape index (κ1) is 85.5. The zero-order valence-corrected chi connectivity index (χ0v) is 70.3. The Morgan fingerprint density at radius 1 is 0.293 bits per heavy atom. The summed E-state index contributed by atoms with van der Waals surface area (Å²) in [4.78, 5) is 89.0. The average molecular weight is 1640 g/mol. The summed E-state index contributed by atoms with van der Waals surface area (Å²) in [6, 6.07) is 63.0. The number of anilines is 4. The Morgan fingerprint density at radius 3 is 0.943 bits per heavy atom. The van der Waals surface area contributed by atoms with E-state index in [1.54, 1.807) is 48.5 Å². The topological polar surface area (TPSA) is 220 Å². The van der Waals surface area contributed by atoms with Crippen LogP contribution in [0.2, 0.25) is 0 Å². The van der Waals surface area contributed by atoms with Crippen molar-refractivity contribution >= 4 is 82.0 Å². The van der Waals surface area contributed by atoms with E-state index < -0.39 is 0 Å². The van der Waals surface area contributed by atoms with Crippen molar-refractivity contribution in [3.63, 3.8) is 0 Å². The molecule has 0 aliphatic heterocycles. The van der Waals surface area contributed by atoms with Crippen LogP contribution in [0.3, 0.4) is 0 Å². The summed E-state index contributed by atoms with van der Waals surface area (Å²) in [5.74, 6) is 0.532. The summed E-state index contributed by atoms with van der Waals surface area (Å²) in [7, 11) is 0. The van der Waals surface area contributed by atoms with Crippen molar-refractivity contribution in [2.45, 2.75) is 152 Å². The maximum absolute atomic E-state index is 13.7. The summed E-state index contributed by atoms with van der Waals surface area (Å²) in [6.45, 7) is 15.8. The van der Waals surface area contributed by atoms with Gasteiger partial charge in [0.15, 0.2) is 23.3 Å². The molecular weight excluding hydrogens is 1550 g/mol. The highest BCUT2D eigenvalue weighted by Crippen LogP contribution is 2.39. The van der Waals surface area contributed by atoms with Crippen LogP contribution in [0.25, 0.3) is 80.1 Å². The predicted molar refractivity (Wildman–Crippen MR) is 483 cm³/mol. The molecule has 9 aromatic carbocycles. The third-order valence-corrected chi connectivity index (χ3v) is 21.1. The van der Waals surface area contributed by atoms with Crippen molar-refractivity contribution in [2.75, 3.05) is 21.3 Å². The lowest BCUT2D eigenvalue weighted by molar-refractivity contribution is -0.117. The van der Waals surface area contributed by atoms with Crippen LogP contribution in [0.15, 0.2) is 229 Å². The van der Waals surface area contributed by atoms with E-state index in [0.717, 1.165) is 153 Å². The van der Waals surface area contributed by atoms with E-state index in [9.17, 15) is 36.7 Å². The second-order valence-corrected chi connectivity index (χ2v) is 32.1. The van der Waals surface area contributed by atoms with Crippen LogP contribution in [0.5, 0.6) is 0 Å². The van der Waals surface area contributed by atoms with Crippen LogP contribution in [-0.4, -0.2) is 63.5 Å². The van der Waals surface area contributed by atoms with E-state index in [1.165, 1.54) is 29.8 Å². The van der Waals surface area contributed by atoms with Crippen LogP contribution in [-0.2, 0) is 96.2 Å². The molecular formula is C103H96F4N12O4. The Bertz CT molecular complexity index is 6290. The summed E-state index contributed by atoms with van der Waals surface area (Å²) >= 11 is 0. The van der Waals surface area contributed by atoms with Gasteiger partial charge in [-0.25, -0.2) is 57.4 Å². The van der Waals surface area contributed by atoms with Gasteiger partial charge < -0.3 is 21.3 Å². The number of aryl methyl sites for hydroxylation is 10. The van der Waals surface area contributed by atoms with Crippen LogP contribution in [0, 0.1) is 23.3 Å². The molecule has 4 aliphatic carbocycles. The predicted octanol–water partition coefficient (Wildman–Crippen LogP) is 22.3. The van der Waals surface area contributed by atoms with Gasteiger partial charge >= 0.3 is 0 Å². The minimum absolute atomic E-state index is 0.0631. The van der Waals surface area contributed by atoms with Crippen molar-refractivity contribution in [1.29, 1.82) is 0 Å². The molecule has 4 aliphatic rings. The molecule has 0 radical (unpaired) electrons. The van der Waals surface area contributed by atoms with Crippen molar-refractivity contribution in [1.82, 2.24) is 39.9 Å². The molecule has 4 amide bonds. The molecule has 0 saturated carbocycles. The second kappa shape index (κ2) is 39.5. The molecule has 13 aromatic rings. The van der Waals surface area contributed by atoms with Crippen LogP contribution in [0.4, 0.5) is 40.8 Å². The van der Waals surface area contributed by atoms with E-state index in [1.807, 2.05) is 195 Å². The smallest absolute Gasteiger partial charge is 0.230 e. The monoisotopic (exact) mass is 1640 g/mol. The van der Waals surface area contributed by atoms with E-state index in [2.05, 4.69) is 39.5 Å². The highest BCUT2D eigenvalue weighted by atomic mass is 19.1. The van der Waals surface area contributed by atoms with E-state index in [0.29, 0.717) is 117 Å². The molecule has 17 rings (SSSR count). The fourth-order valence-corrected chi connectivity index (χ4v) is 15.4. The van der Waals surface area contributed by atoms with Gasteiger partial charge in [-0.15, -0.1) is 0 Å². The molecule has 4 N–H and O–H groups in total. The summed E-state index contributed by atoms with van der Waals surface area (Å²) in [5.41, 5.74) is 24.7. The van der Waals surface area contributed by atoms with Gasteiger partial charge in [-0.2, -0.15) is 0 Å². The molecule has 0 bridgehead atoms. The van der Waals surface area contributed by atoms with Gasteiger partial charge in [-0.1, -0.05) is 156 Å². The summed E-state index contributed by atoms with van der Waals surface area (Å²) < 4.78 is 54.6. The Morgan fingerprint density at radius 2 is 0.593 bits per heavy atom. The number of aromatic nitrogens is 8. The summed E-state index contributed by atoms with van der Waals surface area (Å²) in [6.07, 6.45) is 16.7. The highest BCUT2D eigenvalue weighted by Gasteiger charge is 2.28. The van der Waals surface area contributed by atoms with Gasteiger partial charge in [-0.05, 0) is 278 Å². The van der Waals surface area contributed by atoms with Gasteiger partial charge in [0.05, 0.1) is 58.4 Å². The first-order valence-corrected chi connectivity index (χ1v) is 41.6. The maximum Gasteiger partial charge on any atom is 0.230 e. The lowest BCUT2D eigenvalue weighted by atomic mass is 9.91. The average Bonchev–Trinajstić information content (AvgIpc) is 0.785. The Hall–Kier alpha value is -13.9. The Balaban J connectivity index is 0.000000134. The molecule has 0 fully saturated rings. The second-order valence-electron chi connectivity index (χ2n) is 32.1. The number of nitrogens with one attached hydrogen (secondary N) is 4. The van der Waals surface area contributed by atoms with Gasteiger partial charge in [0, 0.05) is 35.1 Å². The van der Waals surface area contributed by atoms with Crippen LogP contribution in [0.1, 0.15) is 165 Å². The van der Waals surface area contributed by atoms with E-state index >= 15 is 0 Å². The molecule has 4 aromatic heterocycles. The van der Waals surface area contributed by atoms with Gasteiger partial charge in [0.25, 0.3) is 0 Å². The minimum Gasteiger partial charge on any atom is -0.309 e. The zero-order chi connectivity index (χ0) is 86.2. The number of rotatable bonds is 19. The molecule has 4 heterocycles. The first-order valence-electron chi connectivity index (χ1n) is 41.6. The molecule has 123 heavy (non-hydrogen) atoms. The number of benzene rings is 9. The third-order valence-electron chi connectivity index (χ3n) is 21.1. The Kier molecular flexibility index (Phi) is 27.5. The number of allylic oxidation sites excluding steroid dienone is 4. The molecule has 0 spiro atoms. The van der Waals surface area contributed by atoms with Crippen molar-refractivity contribution in [3.05, 3.63) is 342 Å². The number of carbonyl (C=O) groups excluding carboxylic acids is 4. The van der Waals surface area contributed by atoms with Crippen molar-refractivity contribution in [2.24, 2.45) is 0 Å². The van der Waals surface area contributed by atoms with Crippen molar-refractivity contribution < 1.29 is 36.7 Å². The normalized spacial score (nSPS) is 12.0. The number of halogens is 4. The number of hydrogen-bond acceptors (Lipinski definition) is 12. The van der Waals surface area contributed by atoms with E-state index in [-0.39, 0.29) is 59.7 Å². The lowest BCUT2D eigenvalue weighted by Crippen LogP contribution is -2.19. The number of carbonyl (C=O) groups is 4. The van der Waals surface area contributed by atoms with Crippen LogP contribution >= 0.6 is 0 Å². The van der Waals surface area contributed by atoms with Crippen LogP contribution < -0.4 is 21.3 Å². The minimum atomic E-state index is -0.243. The Labute approximate surface area is 714 Å². The molecule has 20 heteroatoms. The SMILES string of the molecule is CC(C)=Cc1nc2c(nc1NC(=O)CCCc1ccccc1)CCc1cc(F)ccc1-2.CC(C)=Cc1nc2c(nc1NC(=O)CCc1ccccc1)CCc1cc(F)ccc1-2.CC(C)=Cc1nc2c(nc1NC(=O)Cc1ccc3ccccc3c1)CCc1cc(F)ccc1-2.CC(C)=Cc1nc2c(nc1NC(=O)Cc1ccccc1)CCc1cc(F)ccc1-2. The number of hydrogen-bond donors (Lipinski definition) is 4. The van der Waals surface area contributed by atoms with Gasteiger partial charge in [0.1, 0.15) is 46.0 Å². The maximum atomic E-state index is 13.7. The molecule has 0 unspecified atom stereocenters. The van der Waals surface area contributed by atoms with Gasteiger partial charge in [-0.3, -0.25) is 19.2 Å². The number of fused-ring (bicyclic) bond motifs is 13. The number of nitrogens with zero attached hydrogens (tertiary/aromatic N) is 8. The quantitative estimate of drug-likeness (QED) is 0.0556. The largest absolute Gasteiger partial charge is 0.309 e. The lowest BCUT2D eigenvalue weighted by Gasteiger charge is -2.20. The fraction of sp³-hybridized carbons (Fsp3) is 0.223. The number of amides is 4. The zero-order valence-electron chi connectivity index (χ0n) is 70.3.